The van der Waals surface area contributed by atoms with Gasteiger partial charge in [0.15, 0.2) is 0 Å². The predicted octanol–water partition coefficient (Wildman–Crippen LogP) is 2.82. The molecular weight excluding hydrogens is 218 g/mol. The van der Waals surface area contributed by atoms with E-state index in [-0.39, 0.29) is 12.1 Å². The minimum Gasteiger partial charge on any atom is -0.447 e. The van der Waals surface area contributed by atoms with E-state index in [0.29, 0.717) is 31.7 Å². The number of hydrogen-bond donors (Lipinski definition) is 1. The van der Waals surface area contributed by atoms with Gasteiger partial charge in [0.1, 0.15) is 6.61 Å². The van der Waals surface area contributed by atoms with Crippen LogP contribution < -0.4 is 5.32 Å². The van der Waals surface area contributed by atoms with Crippen LogP contribution in [0, 0.1) is 11.8 Å². The molecule has 4 heteroatoms. The molecule has 0 aliphatic carbocycles. The van der Waals surface area contributed by atoms with Crippen LogP contribution in [0.5, 0.6) is 0 Å². The van der Waals surface area contributed by atoms with Crippen LogP contribution in [0.4, 0.5) is 4.79 Å². The number of amides is 1. The van der Waals surface area contributed by atoms with Crippen LogP contribution in [0.2, 0.25) is 0 Å². The molecule has 0 spiro atoms. The van der Waals surface area contributed by atoms with Gasteiger partial charge in [-0.25, -0.2) is 4.79 Å². The number of nitrogens with one attached hydrogen (secondary N) is 1. The Kier molecular flexibility index (Phi) is 8.86. The molecule has 0 rings (SSSR count). The maximum atomic E-state index is 11.4. The molecule has 0 radical (unpaired) electrons. The average molecular weight is 245 g/mol. The number of rotatable bonds is 8. The van der Waals surface area contributed by atoms with E-state index in [2.05, 4.69) is 26.1 Å². The summed E-state index contributed by atoms with van der Waals surface area (Å²) in [6, 6.07) is 0.129. The van der Waals surface area contributed by atoms with Crippen molar-refractivity contribution >= 4 is 6.09 Å². The van der Waals surface area contributed by atoms with Gasteiger partial charge in [-0.15, -0.1) is 0 Å². The maximum Gasteiger partial charge on any atom is 0.407 e. The van der Waals surface area contributed by atoms with E-state index in [1.165, 1.54) is 0 Å². The van der Waals surface area contributed by atoms with Crippen LogP contribution >= 0.6 is 0 Å². The van der Waals surface area contributed by atoms with Crippen LogP contribution in [0.15, 0.2) is 0 Å². The van der Waals surface area contributed by atoms with Gasteiger partial charge in [0.05, 0.1) is 6.61 Å². The molecule has 0 saturated heterocycles. The number of hydrogen-bond acceptors (Lipinski definition) is 3. The third kappa shape index (κ3) is 7.21. The van der Waals surface area contributed by atoms with Crippen LogP contribution in [-0.4, -0.2) is 32.0 Å². The maximum absolute atomic E-state index is 11.4. The first kappa shape index (κ1) is 16.2. The largest absolute Gasteiger partial charge is 0.447 e. The van der Waals surface area contributed by atoms with Gasteiger partial charge < -0.3 is 14.8 Å². The van der Waals surface area contributed by atoms with Gasteiger partial charge in [0.25, 0.3) is 0 Å². The summed E-state index contributed by atoms with van der Waals surface area (Å²) >= 11 is 0. The third-order valence-electron chi connectivity index (χ3n) is 3.34. The number of carbonyl (C=O) groups excluding carboxylic acids is 1. The average Bonchev–Trinajstić information content (AvgIpc) is 2.32. The molecule has 0 aromatic rings. The standard InChI is InChI=1S/C13H27NO3/c1-6-10(3)11(4)12(5)14-13(15)17-9-8-16-7-2/h10-12H,6-9H2,1-5H3,(H,14,15). The molecule has 0 fully saturated rings. The highest BCUT2D eigenvalue weighted by atomic mass is 16.6. The molecule has 0 aliphatic heterocycles. The van der Waals surface area contributed by atoms with E-state index in [1.54, 1.807) is 0 Å². The summed E-state index contributed by atoms with van der Waals surface area (Å²) in [6.45, 7) is 11.9. The van der Waals surface area contributed by atoms with E-state index in [9.17, 15) is 4.79 Å². The molecule has 102 valence electrons. The molecule has 4 nitrogen and oxygen atoms in total. The fourth-order valence-corrected chi connectivity index (χ4v) is 1.56. The lowest BCUT2D eigenvalue weighted by Crippen LogP contribution is -2.39. The van der Waals surface area contributed by atoms with Gasteiger partial charge in [-0.2, -0.15) is 0 Å². The number of carbonyl (C=O) groups is 1. The third-order valence-corrected chi connectivity index (χ3v) is 3.34. The summed E-state index contributed by atoms with van der Waals surface area (Å²) in [7, 11) is 0. The van der Waals surface area contributed by atoms with E-state index >= 15 is 0 Å². The summed E-state index contributed by atoms with van der Waals surface area (Å²) < 4.78 is 10.1. The summed E-state index contributed by atoms with van der Waals surface area (Å²) in [5.41, 5.74) is 0. The summed E-state index contributed by atoms with van der Waals surface area (Å²) in [5.74, 6) is 1.04. The van der Waals surface area contributed by atoms with Crippen molar-refractivity contribution in [1.82, 2.24) is 5.32 Å². The second-order valence-electron chi connectivity index (χ2n) is 4.51. The highest BCUT2D eigenvalue weighted by molar-refractivity contribution is 5.67. The van der Waals surface area contributed by atoms with Crippen molar-refractivity contribution in [2.75, 3.05) is 19.8 Å². The van der Waals surface area contributed by atoms with Crippen molar-refractivity contribution in [3.63, 3.8) is 0 Å². The molecule has 0 aromatic heterocycles. The lowest BCUT2D eigenvalue weighted by Gasteiger charge is -2.25. The highest BCUT2D eigenvalue weighted by Gasteiger charge is 2.19. The Balaban J connectivity index is 3.79. The van der Waals surface area contributed by atoms with Gasteiger partial charge in [0.2, 0.25) is 0 Å². The number of alkyl carbamates (subject to hydrolysis) is 1. The second kappa shape index (κ2) is 9.28. The first-order chi connectivity index (χ1) is 8.02. The monoisotopic (exact) mass is 245 g/mol. The van der Waals surface area contributed by atoms with Gasteiger partial charge in [-0.1, -0.05) is 27.2 Å². The van der Waals surface area contributed by atoms with Crippen LogP contribution in [0.25, 0.3) is 0 Å². The van der Waals surface area contributed by atoms with Gasteiger partial charge >= 0.3 is 6.09 Å². The second-order valence-corrected chi connectivity index (χ2v) is 4.51. The molecule has 17 heavy (non-hydrogen) atoms. The van der Waals surface area contributed by atoms with Crippen molar-refractivity contribution in [2.24, 2.45) is 11.8 Å². The lowest BCUT2D eigenvalue weighted by molar-refractivity contribution is 0.0759. The minimum atomic E-state index is -0.354. The summed E-state index contributed by atoms with van der Waals surface area (Å²) in [4.78, 5) is 11.4. The van der Waals surface area contributed by atoms with Crippen molar-refractivity contribution < 1.29 is 14.3 Å². The molecule has 0 aromatic carbocycles. The Morgan fingerprint density at radius 1 is 1.18 bits per heavy atom. The van der Waals surface area contributed by atoms with Crippen LogP contribution in [-0.2, 0) is 9.47 Å². The topological polar surface area (TPSA) is 47.6 Å². The molecule has 1 amide bonds. The van der Waals surface area contributed by atoms with Gasteiger partial charge in [-0.05, 0) is 25.7 Å². The van der Waals surface area contributed by atoms with E-state index in [4.69, 9.17) is 9.47 Å². The molecule has 3 unspecified atom stereocenters. The zero-order valence-corrected chi connectivity index (χ0v) is 11.8. The number of ether oxygens (including phenoxy) is 2. The molecular formula is C13H27NO3. The zero-order valence-electron chi connectivity index (χ0n) is 11.8. The van der Waals surface area contributed by atoms with Crippen molar-refractivity contribution in [3.05, 3.63) is 0 Å². The summed E-state index contributed by atoms with van der Waals surface area (Å²) in [6.07, 6.45) is 0.763. The van der Waals surface area contributed by atoms with Crippen molar-refractivity contribution in [3.8, 4) is 0 Å². The Bertz CT molecular complexity index is 209. The highest BCUT2D eigenvalue weighted by Crippen LogP contribution is 2.18. The Hall–Kier alpha value is -0.770. The molecule has 0 heterocycles. The molecule has 0 saturated carbocycles. The van der Waals surface area contributed by atoms with Gasteiger partial charge in [-0.3, -0.25) is 0 Å². The zero-order chi connectivity index (χ0) is 13.3. The lowest BCUT2D eigenvalue weighted by atomic mass is 9.88. The van der Waals surface area contributed by atoms with Crippen LogP contribution in [0.1, 0.15) is 41.0 Å². The van der Waals surface area contributed by atoms with E-state index in [1.807, 2.05) is 13.8 Å². The normalized spacial score (nSPS) is 16.1. The Labute approximate surface area is 105 Å². The predicted molar refractivity (Wildman–Crippen MR) is 69.1 cm³/mol. The van der Waals surface area contributed by atoms with E-state index in [0.717, 1.165) is 6.42 Å². The minimum absolute atomic E-state index is 0.129. The van der Waals surface area contributed by atoms with Gasteiger partial charge in [0, 0.05) is 12.6 Å². The van der Waals surface area contributed by atoms with Crippen molar-refractivity contribution in [1.29, 1.82) is 0 Å². The Morgan fingerprint density at radius 3 is 2.35 bits per heavy atom. The quantitative estimate of drug-likeness (QED) is 0.669. The molecule has 0 aliphatic rings. The fraction of sp³-hybridized carbons (Fsp3) is 0.923. The van der Waals surface area contributed by atoms with Crippen molar-refractivity contribution in [2.45, 2.75) is 47.1 Å². The Morgan fingerprint density at radius 2 is 1.82 bits per heavy atom. The van der Waals surface area contributed by atoms with Crippen LogP contribution in [0.3, 0.4) is 0 Å². The van der Waals surface area contributed by atoms with E-state index < -0.39 is 0 Å². The first-order valence-corrected chi connectivity index (χ1v) is 6.53. The molecule has 1 N–H and O–H groups in total. The first-order valence-electron chi connectivity index (χ1n) is 6.53. The fourth-order valence-electron chi connectivity index (χ4n) is 1.56. The molecule has 0 bridgehead atoms. The smallest absolute Gasteiger partial charge is 0.407 e. The SMILES string of the molecule is CCOCCOC(=O)NC(C)C(C)C(C)CC. The molecule has 3 atom stereocenters. The summed E-state index contributed by atoms with van der Waals surface area (Å²) in [5, 5.41) is 2.86.